The average Bonchev–Trinajstić information content (AvgIpc) is 1.83. The van der Waals surface area contributed by atoms with Crippen molar-refractivity contribution in [2.45, 2.75) is 6.42 Å². The Kier molecular flexibility index (Phi) is 1.22. The standard InChI is InChI=1S/C5H4N2O2/c6-3-1-2-7-5(9)4(3)8/h2,6H,1H2. The Balaban J connectivity index is 2.94. The van der Waals surface area contributed by atoms with Gasteiger partial charge in [-0.3, -0.25) is 9.59 Å². The molecule has 4 nitrogen and oxygen atoms in total. The van der Waals surface area contributed by atoms with Crippen LogP contribution in [0.1, 0.15) is 6.42 Å². The number of aliphatic imine (C=N–C) groups is 1. The zero-order valence-electron chi connectivity index (χ0n) is 4.55. The second kappa shape index (κ2) is 1.89. The third-order valence-corrected chi connectivity index (χ3v) is 0.972. The minimum absolute atomic E-state index is 0.171. The topological polar surface area (TPSA) is 70.3 Å². The predicted octanol–water partition coefficient (Wildman–Crippen LogP) is -0.424. The third kappa shape index (κ3) is 0.910. The molecule has 0 unspecified atom stereocenters. The molecule has 0 saturated heterocycles. The van der Waals surface area contributed by atoms with Gasteiger partial charge in [-0.05, 0) is 0 Å². The molecule has 1 N–H and O–H groups in total. The molecule has 0 spiro atoms. The van der Waals surface area contributed by atoms with Gasteiger partial charge in [-0.25, -0.2) is 4.99 Å². The summed E-state index contributed by atoms with van der Waals surface area (Å²) in [5.74, 6) is -1.61. The van der Waals surface area contributed by atoms with Crippen molar-refractivity contribution >= 4 is 23.6 Å². The fraction of sp³-hybridized carbons (Fsp3) is 0.200. The largest absolute Gasteiger partial charge is 0.319 e. The summed E-state index contributed by atoms with van der Waals surface area (Å²) in [5.41, 5.74) is -0.171. The SMILES string of the molecule is N=C1CC=NC(=O)C1=O. The zero-order valence-corrected chi connectivity index (χ0v) is 4.55. The number of Topliss-reactive ketones (excluding diaryl/α,β-unsaturated/α-hetero) is 1. The van der Waals surface area contributed by atoms with Crippen LogP contribution in [0.25, 0.3) is 0 Å². The lowest BCUT2D eigenvalue weighted by Crippen LogP contribution is -2.25. The van der Waals surface area contributed by atoms with E-state index in [2.05, 4.69) is 4.99 Å². The van der Waals surface area contributed by atoms with Gasteiger partial charge in [0.1, 0.15) is 0 Å². The summed E-state index contributed by atoms with van der Waals surface area (Å²) < 4.78 is 0. The van der Waals surface area contributed by atoms with Crippen molar-refractivity contribution in [3.8, 4) is 0 Å². The molecule has 1 amide bonds. The number of ketones is 1. The Morgan fingerprint density at radius 3 is 2.67 bits per heavy atom. The lowest BCUT2D eigenvalue weighted by Gasteiger charge is -1.98. The molecule has 4 heteroatoms. The maximum atomic E-state index is 10.4. The first-order valence-electron chi connectivity index (χ1n) is 2.40. The fourth-order valence-electron chi connectivity index (χ4n) is 0.500. The maximum absolute atomic E-state index is 10.4. The highest BCUT2D eigenvalue weighted by atomic mass is 16.2. The van der Waals surface area contributed by atoms with E-state index in [1.807, 2.05) is 0 Å². The summed E-state index contributed by atoms with van der Waals surface area (Å²) in [6.45, 7) is 0. The van der Waals surface area contributed by atoms with E-state index in [0.29, 0.717) is 0 Å². The van der Waals surface area contributed by atoms with E-state index in [-0.39, 0.29) is 12.1 Å². The highest BCUT2D eigenvalue weighted by molar-refractivity contribution is 6.67. The predicted molar refractivity (Wildman–Crippen MR) is 30.8 cm³/mol. The number of rotatable bonds is 0. The van der Waals surface area contributed by atoms with Gasteiger partial charge in [0.25, 0.3) is 5.78 Å². The number of carbonyl (C=O) groups is 2. The Labute approximate surface area is 51.1 Å². The molecule has 1 heterocycles. The average molecular weight is 124 g/mol. The lowest BCUT2D eigenvalue weighted by atomic mass is 10.1. The summed E-state index contributed by atoms with van der Waals surface area (Å²) in [5, 5.41) is 6.86. The molecular weight excluding hydrogens is 120 g/mol. The number of hydrogen-bond acceptors (Lipinski definition) is 3. The first kappa shape index (κ1) is 5.81. The molecule has 0 radical (unpaired) electrons. The summed E-state index contributed by atoms with van der Waals surface area (Å²) in [7, 11) is 0. The molecule has 1 rings (SSSR count). The van der Waals surface area contributed by atoms with Crippen molar-refractivity contribution < 1.29 is 9.59 Å². The van der Waals surface area contributed by atoms with Gasteiger partial charge in [-0.1, -0.05) is 0 Å². The van der Waals surface area contributed by atoms with Gasteiger partial charge in [-0.15, -0.1) is 0 Å². The molecule has 1 aliphatic heterocycles. The van der Waals surface area contributed by atoms with E-state index >= 15 is 0 Å². The minimum Gasteiger partial charge on any atom is -0.301 e. The Morgan fingerprint density at radius 2 is 2.22 bits per heavy atom. The molecule has 0 bridgehead atoms. The van der Waals surface area contributed by atoms with Crippen LogP contribution in [0.2, 0.25) is 0 Å². The van der Waals surface area contributed by atoms with E-state index in [0.717, 1.165) is 0 Å². The molecule has 0 aliphatic carbocycles. The smallest absolute Gasteiger partial charge is 0.301 e. The molecule has 0 atom stereocenters. The van der Waals surface area contributed by atoms with E-state index in [1.54, 1.807) is 0 Å². The Morgan fingerprint density at radius 1 is 1.56 bits per heavy atom. The van der Waals surface area contributed by atoms with Crippen LogP contribution in [0.15, 0.2) is 4.99 Å². The second-order valence-corrected chi connectivity index (χ2v) is 1.63. The minimum atomic E-state index is -0.828. The highest BCUT2D eigenvalue weighted by Crippen LogP contribution is 1.93. The summed E-state index contributed by atoms with van der Waals surface area (Å²) >= 11 is 0. The number of carbonyl (C=O) groups excluding carboxylic acids is 2. The van der Waals surface area contributed by atoms with Crippen LogP contribution in [-0.4, -0.2) is 23.6 Å². The Bertz CT molecular complexity index is 217. The zero-order chi connectivity index (χ0) is 6.85. The van der Waals surface area contributed by atoms with Crippen molar-refractivity contribution in [1.82, 2.24) is 0 Å². The van der Waals surface area contributed by atoms with E-state index in [1.165, 1.54) is 6.21 Å². The van der Waals surface area contributed by atoms with Gasteiger partial charge >= 0.3 is 5.91 Å². The number of nitrogens with zero attached hydrogens (tertiary/aromatic N) is 1. The van der Waals surface area contributed by atoms with Crippen LogP contribution in [0, 0.1) is 5.41 Å². The van der Waals surface area contributed by atoms with Crippen molar-refractivity contribution in [3.05, 3.63) is 0 Å². The number of hydrogen-bond donors (Lipinski definition) is 1. The summed E-state index contributed by atoms with van der Waals surface area (Å²) in [6.07, 6.45) is 1.46. The van der Waals surface area contributed by atoms with Gasteiger partial charge in [0.2, 0.25) is 0 Å². The van der Waals surface area contributed by atoms with Crippen LogP contribution >= 0.6 is 0 Å². The van der Waals surface area contributed by atoms with E-state index in [9.17, 15) is 9.59 Å². The van der Waals surface area contributed by atoms with Crippen molar-refractivity contribution in [2.75, 3.05) is 0 Å². The first-order chi connectivity index (χ1) is 4.22. The fourth-order valence-corrected chi connectivity index (χ4v) is 0.500. The molecule has 0 saturated carbocycles. The van der Waals surface area contributed by atoms with Gasteiger partial charge < -0.3 is 5.41 Å². The second-order valence-electron chi connectivity index (χ2n) is 1.63. The van der Waals surface area contributed by atoms with Gasteiger partial charge in [0.05, 0.1) is 5.71 Å². The molecule has 0 aromatic carbocycles. The molecule has 9 heavy (non-hydrogen) atoms. The van der Waals surface area contributed by atoms with Gasteiger partial charge in [0, 0.05) is 12.6 Å². The maximum Gasteiger partial charge on any atom is 0.319 e. The van der Waals surface area contributed by atoms with E-state index < -0.39 is 11.7 Å². The number of nitrogens with one attached hydrogen (secondary N) is 1. The Hall–Kier alpha value is -1.32. The van der Waals surface area contributed by atoms with Crippen molar-refractivity contribution in [2.24, 2.45) is 4.99 Å². The van der Waals surface area contributed by atoms with Crippen LogP contribution in [0.5, 0.6) is 0 Å². The monoisotopic (exact) mass is 124 g/mol. The third-order valence-electron chi connectivity index (χ3n) is 0.972. The van der Waals surface area contributed by atoms with Crippen LogP contribution in [-0.2, 0) is 9.59 Å². The lowest BCUT2D eigenvalue weighted by molar-refractivity contribution is -0.132. The summed E-state index contributed by atoms with van der Waals surface area (Å²) in [4.78, 5) is 24.0. The normalized spacial score (nSPS) is 18.9. The van der Waals surface area contributed by atoms with Crippen LogP contribution in [0.4, 0.5) is 0 Å². The van der Waals surface area contributed by atoms with E-state index in [4.69, 9.17) is 5.41 Å². The van der Waals surface area contributed by atoms with Gasteiger partial charge in [0.15, 0.2) is 0 Å². The van der Waals surface area contributed by atoms with Crippen LogP contribution < -0.4 is 0 Å². The molecule has 46 valence electrons. The molecule has 0 aromatic heterocycles. The van der Waals surface area contributed by atoms with Crippen molar-refractivity contribution in [3.63, 3.8) is 0 Å². The molecule has 0 aromatic rings. The highest BCUT2D eigenvalue weighted by Gasteiger charge is 2.20. The quantitative estimate of drug-likeness (QED) is 0.445. The van der Waals surface area contributed by atoms with Crippen molar-refractivity contribution in [1.29, 1.82) is 5.41 Å². The first-order valence-corrected chi connectivity index (χ1v) is 2.40. The van der Waals surface area contributed by atoms with Gasteiger partial charge in [-0.2, -0.15) is 0 Å². The summed E-state index contributed by atoms with van der Waals surface area (Å²) in [6, 6.07) is 0. The molecule has 0 fully saturated rings. The molecule has 1 aliphatic rings. The molecular formula is C5H4N2O2. The number of amides is 1. The van der Waals surface area contributed by atoms with Crippen LogP contribution in [0.3, 0.4) is 0 Å².